The van der Waals surface area contributed by atoms with E-state index in [9.17, 15) is 51.9 Å². The first-order valence-electron chi connectivity index (χ1n) is 18.7. The molecule has 0 spiro atoms. The van der Waals surface area contributed by atoms with E-state index in [2.05, 4.69) is 61.2 Å². The van der Waals surface area contributed by atoms with Gasteiger partial charge in [-0.15, -0.1) is 0 Å². The van der Waals surface area contributed by atoms with Crippen LogP contribution in [0.25, 0.3) is 0 Å². The molecule has 0 amide bonds. The summed E-state index contributed by atoms with van der Waals surface area (Å²) in [7, 11) is -21.7. The molecule has 8 N–H and O–H groups in total. The van der Waals surface area contributed by atoms with E-state index in [4.69, 9.17) is 79.1 Å². The molecule has 9 rings (SSSR count). The lowest BCUT2D eigenvalue weighted by Crippen LogP contribution is -2.23. The average Bonchev–Trinajstić information content (AvgIpc) is 3.25. The van der Waals surface area contributed by atoms with Crippen molar-refractivity contribution in [3.63, 3.8) is 0 Å². The molecule has 2 aliphatic rings. The lowest BCUT2D eigenvalue weighted by Gasteiger charge is -2.24. The number of anilines is 8. The highest BCUT2D eigenvalue weighted by Gasteiger charge is 2.38. The number of aromatic nitrogens is 6. The summed E-state index contributed by atoms with van der Waals surface area (Å²) in [6.45, 7) is 0. The molecule has 7 aromatic rings. The zero-order chi connectivity index (χ0) is 52.0. The zero-order valence-corrected chi connectivity index (χ0v) is 41.9. The van der Waals surface area contributed by atoms with Gasteiger partial charge in [0.2, 0.25) is 33.0 Å². The van der Waals surface area contributed by atoms with Crippen LogP contribution in [0, 0.1) is 0 Å². The molecule has 0 atom stereocenters. The third kappa shape index (κ3) is 10.3. The highest BCUT2D eigenvalue weighted by molar-refractivity contribution is 7.89. The van der Waals surface area contributed by atoms with Crippen LogP contribution in [-0.2, 0) is 40.5 Å². The molecule has 5 aromatic carbocycles. The van der Waals surface area contributed by atoms with E-state index in [0.717, 1.165) is 30.3 Å². The third-order valence-electron chi connectivity index (χ3n) is 9.52. The number of ether oxygens (including phenoxy) is 2. The van der Waals surface area contributed by atoms with Gasteiger partial charge >= 0.3 is 0 Å². The standard InChI is InChI=1S/C36H18Cl6N12O14S4/c37-22-25-27(67-18-7-11(1-4-14(18)47-25)43-15-5-2-12(8-20(15)69(55,56)57)44-35-51-31(39)49-32(40)52-35)23(38)26-28(22)68-19-10-17(29(71(61,62)63)30(24(19)48-26)72(64,65)66)46-16-6-3-13(9-21(16)70(58,59)60)45-36-53-33(41)50-34(42)54-36/h1-10,43,46H,(H,55,56,57)(H,58,59,60)(H,61,62,63)(H,64,65,66)(H,44,49,51,52)(H,45,50,53,54). The summed E-state index contributed by atoms with van der Waals surface area (Å²) in [5, 5.41) is 7.68. The second-order valence-corrected chi connectivity index (χ2v) is 21.8. The Bertz CT molecular complexity index is 4130. The average molecular weight is 1180 g/mol. The van der Waals surface area contributed by atoms with Gasteiger partial charge in [-0.2, -0.15) is 63.6 Å². The molecule has 4 heterocycles. The van der Waals surface area contributed by atoms with Crippen LogP contribution in [0.3, 0.4) is 0 Å². The molecule has 26 nitrogen and oxygen atoms in total. The molecule has 0 bridgehead atoms. The number of nitrogens with zero attached hydrogens (tertiary/aromatic N) is 8. The van der Waals surface area contributed by atoms with Gasteiger partial charge in [-0.3, -0.25) is 18.2 Å². The minimum absolute atomic E-state index is 0.0478. The van der Waals surface area contributed by atoms with E-state index in [-0.39, 0.29) is 83.3 Å². The minimum atomic E-state index is -5.78. The highest BCUT2D eigenvalue weighted by Crippen LogP contribution is 2.50. The first-order valence-corrected chi connectivity index (χ1v) is 26.7. The Morgan fingerprint density at radius 1 is 0.431 bits per heavy atom. The molecule has 0 saturated heterocycles. The fourth-order valence-electron chi connectivity index (χ4n) is 6.76. The van der Waals surface area contributed by atoms with Crippen molar-refractivity contribution in [2.45, 2.75) is 19.6 Å². The molecule has 2 aromatic heterocycles. The van der Waals surface area contributed by atoms with Crippen molar-refractivity contribution in [3.05, 3.63) is 103 Å². The van der Waals surface area contributed by atoms with Crippen LogP contribution < -0.4 is 41.5 Å². The normalized spacial score (nSPS) is 12.9. The Kier molecular flexibility index (Phi) is 13.0. The van der Waals surface area contributed by atoms with Crippen LogP contribution in [-0.4, -0.2) is 81.8 Å². The number of hydrogen-bond donors (Lipinski definition) is 8. The number of fused-ring (bicyclic) bond motifs is 4. The van der Waals surface area contributed by atoms with E-state index in [0.29, 0.717) is 0 Å². The van der Waals surface area contributed by atoms with Crippen LogP contribution in [0.2, 0.25) is 31.2 Å². The predicted octanol–water partition coefficient (Wildman–Crippen LogP) is 8.05. The summed E-state index contributed by atoms with van der Waals surface area (Å²) in [5.74, 6) is -1.91. The van der Waals surface area contributed by atoms with Crippen molar-refractivity contribution in [2.75, 3.05) is 21.3 Å². The summed E-state index contributed by atoms with van der Waals surface area (Å²) in [6, 6.07) is 11.6. The SMILES string of the molecule is O=S(=O)(O)c1cc(Nc2nc(Cl)nc(Cl)n2)ccc1Nc1ccc2c(c1)Oc1c(Cl)c3c(c(Cl)c1=N2)Oc1cc(Nc2ccc(Nc4nc(Cl)nc(Cl)n4)cc2S(=O)(=O)O)c(S(=O)(=O)O)c(S(=O)(=O)O)c1N=3. The Labute approximate surface area is 432 Å². The molecule has 0 fully saturated rings. The number of halogens is 6. The summed E-state index contributed by atoms with van der Waals surface area (Å²) >= 11 is 36.9. The molecular weight excluding hydrogens is 1170 g/mol. The maximum Gasteiger partial charge on any atom is 0.298 e. The maximum atomic E-state index is 13.1. The molecular formula is C36H18Cl6N12O14S4. The summed E-state index contributed by atoms with van der Waals surface area (Å²) < 4.78 is 156. The van der Waals surface area contributed by atoms with E-state index in [1.54, 1.807) is 0 Å². The number of benzene rings is 5. The van der Waals surface area contributed by atoms with Gasteiger partial charge < -0.3 is 30.7 Å². The van der Waals surface area contributed by atoms with Crippen LogP contribution in [0.5, 0.6) is 23.0 Å². The van der Waals surface area contributed by atoms with Gasteiger partial charge in [0.25, 0.3) is 40.5 Å². The Balaban J connectivity index is 1.10. The molecule has 72 heavy (non-hydrogen) atoms. The quantitative estimate of drug-likeness (QED) is 0.0536. The molecule has 36 heteroatoms. The van der Waals surface area contributed by atoms with Gasteiger partial charge in [-0.25, -0.2) is 9.98 Å². The van der Waals surface area contributed by atoms with Gasteiger partial charge in [-0.1, -0.05) is 23.2 Å². The van der Waals surface area contributed by atoms with Crippen LogP contribution in [0.1, 0.15) is 0 Å². The van der Waals surface area contributed by atoms with Crippen molar-refractivity contribution in [1.82, 2.24) is 29.9 Å². The van der Waals surface area contributed by atoms with Crippen molar-refractivity contribution in [1.29, 1.82) is 0 Å². The number of rotatable bonds is 12. The van der Waals surface area contributed by atoms with Crippen molar-refractivity contribution in [3.8, 4) is 23.0 Å². The first-order chi connectivity index (χ1) is 33.6. The fourth-order valence-corrected chi connectivity index (χ4v) is 11.4. The molecule has 372 valence electrons. The second-order valence-electron chi connectivity index (χ2n) is 14.2. The second kappa shape index (κ2) is 18.4. The Morgan fingerprint density at radius 2 is 0.861 bits per heavy atom. The van der Waals surface area contributed by atoms with Gasteiger partial charge in [0.1, 0.15) is 51.7 Å². The van der Waals surface area contributed by atoms with E-state index >= 15 is 0 Å². The molecule has 2 aliphatic heterocycles. The number of nitrogens with one attached hydrogen (secondary N) is 4. The van der Waals surface area contributed by atoms with E-state index in [1.165, 1.54) is 30.3 Å². The lowest BCUT2D eigenvalue weighted by atomic mass is 10.1. The Hall–Kier alpha value is -6.10. The van der Waals surface area contributed by atoms with Crippen molar-refractivity contribution >= 4 is 167 Å². The topological polar surface area (TPSA) is 386 Å². The third-order valence-corrected chi connectivity index (χ3v) is 14.7. The summed E-state index contributed by atoms with van der Waals surface area (Å²) in [4.78, 5) is 26.4. The van der Waals surface area contributed by atoms with Crippen molar-refractivity contribution < 1.29 is 61.4 Å². The van der Waals surface area contributed by atoms with Crippen LogP contribution >= 0.6 is 69.6 Å². The number of hydrogen-bond acceptors (Lipinski definition) is 22. The lowest BCUT2D eigenvalue weighted by molar-refractivity contribution is 0.446. The van der Waals surface area contributed by atoms with Gasteiger partial charge in [-0.05, 0) is 94.9 Å². The van der Waals surface area contributed by atoms with Crippen LogP contribution in [0.15, 0.2) is 90.2 Å². The summed E-state index contributed by atoms with van der Waals surface area (Å²) in [6.07, 6.45) is 0. The van der Waals surface area contributed by atoms with Crippen molar-refractivity contribution in [2.24, 2.45) is 9.98 Å². The summed E-state index contributed by atoms with van der Waals surface area (Å²) in [5.41, 5.74) is -2.49. The highest BCUT2D eigenvalue weighted by atomic mass is 35.5. The monoisotopic (exact) mass is 1180 g/mol. The molecule has 0 saturated carbocycles. The first kappa shape index (κ1) is 50.8. The largest absolute Gasteiger partial charge is 0.451 e. The molecule has 0 aliphatic carbocycles. The minimum Gasteiger partial charge on any atom is -0.451 e. The Morgan fingerprint density at radius 3 is 1.33 bits per heavy atom. The van der Waals surface area contributed by atoms with Gasteiger partial charge in [0.15, 0.2) is 23.0 Å². The smallest absolute Gasteiger partial charge is 0.298 e. The maximum absolute atomic E-state index is 13.1. The zero-order valence-electron chi connectivity index (χ0n) is 34.1. The predicted molar refractivity (Wildman–Crippen MR) is 256 cm³/mol. The van der Waals surface area contributed by atoms with Crippen LogP contribution in [0.4, 0.5) is 57.4 Å². The molecule has 0 radical (unpaired) electrons. The van der Waals surface area contributed by atoms with E-state index < -0.39 is 99.0 Å². The molecule has 0 unspecified atom stereocenters. The van der Waals surface area contributed by atoms with Gasteiger partial charge in [0.05, 0.1) is 17.1 Å². The van der Waals surface area contributed by atoms with Gasteiger partial charge in [0, 0.05) is 29.2 Å². The van der Waals surface area contributed by atoms with E-state index in [1.807, 2.05) is 0 Å². The fraction of sp³-hybridized carbons (Fsp3) is 0.